The average Bonchev–Trinajstić information content (AvgIpc) is 3.08. The standard InChI is InChI=1S/C11H16N2O2S.ClH/c1-12-11-7-10(11)8-3-5-9(6-4-8)16(14,15)13-2;/h3-6,10-13H,7H2,1-2H3;1H. The van der Waals surface area contributed by atoms with Crippen LogP contribution >= 0.6 is 12.4 Å². The van der Waals surface area contributed by atoms with Crippen LogP contribution in [0.5, 0.6) is 0 Å². The fraction of sp³-hybridized carbons (Fsp3) is 0.455. The quantitative estimate of drug-likeness (QED) is 0.866. The average molecular weight is 277 g/mol. The molecule has 2 rings (SSSR count). The smallest absolute Gasteiger partial charge is 0.240 e. The van der Waals surface area contributed by atoms with Crippen molar-refractivity contribution in [2.45, 2.75) is 23.3 Å². The molecule has 2 atom stereocenters. The maximum atomic E-state index is 11.5. The van der Waals surface area contributed by atoms with Crippen molar-refractivity contribution >= 4 is 22.4 Å². The second kappa shape index (κ2) is 5.35. The number of benzene rings is 1. The lowest BCUT2D eigenvalue weighted by Gasteiger charge is -2.04. The summed E-state index contributed by atoms with van der Waals surface area (Å²) in [5, 5.41) is 3.21. The number of rotatable bonds is 4. The van der Waals surface area contributed by atoms with Gasteiger partial charge in [-0.15, -0.1) is 12.4 Å². The molecule has 6 heteroatoms. The molecule has 0 amide bonds. The highest BCUT2D eigenvalue weighted by molar-refractivity contribution is 7.89. The van der Waals surface area contributed by atoms with Crippen LogP contribution in [0.4, 0.5) is 0 Å². The summed E-state index contributed by atoms with van der Waals surface area (Å²) in [6, 6.07) is 7.66. The molecule has 0 aliphatic heterocycles. The third kappa shape index (κ3) is 2.98. The van der Waals surface area contributed by atoms with Gasteiger partial charge < -0.3 is 5.32 Å². The summed E-state index contributed by atoms with van der Waals surface area (Å²) in [6.45, 7) is 0. The SMILES string of the molecule is CNC1CC1c1ccc(S(=O)(=O)NC)cc1.Cl. The minimum atomic E-state index is -3.30. The lowest BCUT2D eigenvalue weighted by molar-refractivity contribution is 0.588. The molecule has 0 bridgehead atoms. The second-order valence-electron chi connectivity index (χ2n) is 4.01. The van der Waals surface area contributed by atoms with E-state index in [-0.39, 0.29) is 12.4 Å². The van der Waals surface area contributed by atoms with Crippen LogP contribution in [0, 0.1) is 0 Å². The lowest BCUT2D eigenvalue weighted by Crippen LogP contribution is -2.18. The van der Waals surface area contributed by atoms with Crippen LogP contribution in [-0.4, -0.2) is 28.6 Å². The third-order valence-corrected chi connectivity index (χ3v) is 4.48. The molecule has 0 radical (unpaired) electrons. The highest BCUT2D eigenvalue weighted by atomic mass is 35.5. The van der Waals surface area contributed by atoms with Gasteiger partial charge in [-0.1, -0.05) is 12.1 Å². The van der Waals surface area contributed by atoms with E-state index < -0.39 is 10.0 Å². The minimum absolute atomic E-state index is 0. The van der Waals surface area contributed by atoms with Crippen molar-refractivity contribution in [2.24, 2.45) is 0 Å². The Morgan fingerprint density at radius 3 is 2.18 bits per heavy atom. The zero-order valence-corrected chi connectivity index (χ0v) is 11.4. The molecule has 0 spiro atoms. The van der Waals surface area contributed by atoms with E-state index in [0.29, 0.717) is 16.9 Å². The van der Waals surface area contributed by atoms with Gasteiger partial charge in [0.15, 0.2) is 0 Å². The maximum absolute atomic E-state index is 11.5. The van der Waals surface area contributed by atoms with Crippen LogP contribution in [0.25, 0.3) is 0 Å². The fourth-order valence-corrected chi connectivity index (χ4v) is 2.62. The number of halogens is 1. The number of likely N-dealkylation sites (N-methyl/N-ethyl adjacent to an activating group) is 1. The van der Waals surface area contributed by atoms with Crippen molar-refractivity contribution in [1.29, 1.82) is 0 Å². The molecule has 1 aromatic rings. The first kappa shape index (κ1) is 14.4. The predicted octanol–water partition coefficient (Wildman–Crippen LogP) is 1.09. The fourth-order valence-electron chi connectivity index (χ4n) is 1.89. The first-order valence-corrected chi connectivity index (χ1v) is 6.77. The van der Waals surface area contributed by atoms with Crippen LogP contribution < -0.4 is 10.0 Å². The van der Waals surface area contributed by atoms with Gasteiger partial charge in [-0.05, 0) is 38.2 Å². The van der Waals surface area contributed by atoms with E-state index in [2.05, 4.69) is 10.0 Å². The first-order valence-electron chi connectivity index (χ1n) is 5.29. The molecule has 0 saturated heterocycles. The Morgan fingerprint density at radius 2 is 1.76 bits per heavy atom. The van der Waals surface area contributed by atoms with Crippen LogP contribution in [-0.2, 0) is 10.0 Å². The molecule has 4 nitrogen and oxygen atoms in total. The molecule has 1 aliphatic carbocycles. The van der Waals surface area contributed by atoms with Crippen molar-refractivity contribution < 1.29 is 8.42 Å². The van der Waals surface area contributed by atoms with E-state index >= 15 is 0 Å². The molecule has 1 fully saturated rings. The Kier molecular flexibility index (Phi) is 4.55. The molecule has 17 heavy (non-hydrogen) atoms. The first-order chi connectivity index (χ1) is 7.58. The van der Waals surface area contributed by atoms with E-state index in [4.69, 9.17) is 0 Å². The monoisotopic (exact) mass is 276 g/mol. The number of sulfonamides is 1. The molecule has 0 aromatic heterocycles. The van der Waals surface area contributed by atoms with Gasteiger partial charge in [0.05, 0.1) is 4.90 Å². The van der Waals surface area contributed by atoms with Gasteiger partial charge >= 0.3 is 0 Å². The zero-order valence-electron chi connectivity index (χ0n) is 9.80. The lowest BCUT2D eigenvalue weighted by atomic mass is 10.1. The molecular weight excluding hydrogens is 260 g/mol. The van der Waals surface area contributed by atoms with E-state index in [1.54, 1.807) is 12.1 Å². The number of hydrogen-bond donors (Lipinski definition) is 2. The van der Waals surface area contributed by atoms with Crippen LogP contribution in [0.2, 0.25) is 0 Å². The molecule has 96 valence electrons. The van der Waals surface area contributed by atoms with E-state index in [0.717, 1.165) is 6.42 Å². The van der Waals surface area contributed by atoms with Gasteiger partial charge in [0, 0.05) is 12.0 Å². The van der Waals surface area contributed by atoms with Gasteiger partial charge in [0.2, 0.25) is 10.0 Å². The van der Waals surface area contributed by atoms with Gasteiger partial charge in [-0.25, -0.2) is 13.1 Å². The third-order valence-electron chi connectivity index (χ3n) is 3.05. The highest BCUT2D eigenvalue weighted by Crippen LogP contribution is 2.40. The Balaban J connectivity index is 0.00000144. The number of nitrogens with one attached hydrogen (secondary N) is 2. The van der Waals surface area contributed by atoms with Gasteiger partial charge in [0.1, 0.15) is 0 Å². The number of hydrogen-bond acceptors (Lipinski definition) is 3. The van der Waals surface area contributed by atoms with Crippen molar-refractivity contribution in [3.8, 4) is 0 Å². The summed E-state index contributed by atoms with van der Waals surface area (Å²) >= 11 is 0. The molecular formula is C11H17ClN2O2S. The summed E-state index contributed by atoms with van der Waals surface area (Å²) in [5.41, 5.74) is 1.20. The van der Waals surface area contributed by atoms with Crippen LogP contribution in [0.3, 0.4) is 0 Å². The van der Waals surface area contributed by atoms with Crippen LogP contribution in [0.15, 0.2) is 29.2 Å². The summed E-state index contributed by atoms with van der Waals surface area (Å²) in [7, 11) is 0.0618. The topological polar surface area (TPSA) is 58.2 Å². The van der Waals surface area contributed by atoms with Gasteiger partial charge in [-0.2, -0.15) is 0 Å². The maximum Gasteiger partial charge on any atom is 0.240 e. The van der Waals surface area contributed by atoms with Gasteiger partial charge in [0.25, 0.3) is 0 Å². The Morgan fingerprint density at radius 1 is 1.18 bits per heavy atom. The molecule has 1 aliphatic rings. The van der Waals surface area contributed by atoms with E-state index in [1.807, 2.05) is 19.2 Å². The van der Waals surface area contributed by atoms with Crippen LogP contribution in [0.1, 0.15) is 17.9 Å². The normalized spacial score (nSPS) is 22.9. The predicted molar refractivity (Wildman–Crippen MR) is 70.1 cm³/mol. The molecule has 2 unspecified atom stereocenters. The molecule has 1 saturated carbocycles. The summed E-state index contributed by atoms with van der Waals surface area (Å²) in [5.74, 6) is 0.538. The summed E-state index contributed by atoms with van der Waals surface area (Å²) < 4.78 is 25.3. The van der Waals surface area contributed by atoms with Crippen molar-refractivity contribution in [2.75, 3.05) is 14.1 Å². The van der Waals surface area contributed by atoms with Crippen molar-refractivity contribution in [1.82, 2.24) is 10.0 Å². The summed E-state index contributed by atoms with van der Waals surface area (Å²) in [6.07, 6.45) is 1.13. The largest absolute Gasteiger partial charge is 0.316 e. The Labute approximate surface area is 108 Å². The highest BCUT2D eigenvalue weighted by Gasteiger charge is 2.36. The summed E-state index contributed by atoms with van der Waals surface area (Å²) in [4.78, 5) is 0.320. The zero-order chi connectivity index (χ0) is 11.8. The van der Waals surface area contributed by atoms with Gasteiger partial charge in [-0.3, -0.25) is 0 Å². The van der Waals surface area contributed by atoms with E-state index in [1.165, 1.54) is 12.6 Å². The molecule has 2 N–H and O–H groups in total. The molecule has 1 aromatic carbocycles. The Hall–Kier alpha value is -0.620. The van der Waals surface area contributed by atoms with E-state index in [9.17, 15) is 8.42 Å². The minimum Gasteiger partial charge on any atom is -0.316 e. The molecule has 0 heterocycles. The van der Waals surface area contributed by atoms with Crippen molar-refractivity contribution in [3.63, 3.8) is 0 Å². The van der Waals surface area contributed by atoms with Crippen molar-refractivity contribution in [3.05, 3.63) is 29.8 Å². The Bertz CT molecular complexity index is 473. The second-order valence-corrected chi connectivity index (χ2v) is 5.90.